The van der Waals surface area contributed by atoms with E-state index in [1.807, 2.05) is 0 Å². The lowest BCUT2D eigenvalue weighted by Gasteiger charge is -2.12. The number of benzene rings is 2. The van der Waals surface area contributed by atoms with Crippen LogP contribution in [0.15, 0.2) is 64.7 Å². The van der Waals surface area contributed by atoms with Crippen LogP contribution in [-0.2, 0) is 4.79 Å². The van der Waals surface area contributed by atoms with Gasteiger partial charge in [0.15, 0.2) is 11.5 Å². The Kier molecular flexibility index (Phi) is 6.14. The van der Waals surface area contributed by atoms with Crippen LogP contribution >= 0.6 is 23.2 Å². The highest BCUT2D eigenvalue weighted by molar-refractivity contribution is 6.37. The Bertz CT molecular complexity index is 1140. The van der Waals surface area contributed by atoms with Crippen molar-refractivity contribution in [3.63, 3.8) is 0 Å². The molecule has 1 aliphatic carbocycles. The number of halogens is 2. The number of hydrogen-bond donors (Lipinski definition) is 0. The summed E-state index contributed by atoms with van der Waals surface area (Å²) in [7, 11) is 0. The largest absolute Gasteiger partial charge is 0.421 e. The Morgan fingerprint density at radius 1 is 1.07 bits per heavy atom. The minimum atomic E-state index is -0.762. The molecule has 0 aliphatic heterocycles. The van der Waals surface area contributed by atoms with E-state index in [4.69, 9.17) is 27.9 Å². The van der Waals surface area contributed by atoms with Gasteiger partial charge in [-0.15, -0.1) is 0 Å². The third-order valence-corrected chi connectivity index (χ3v) is 4.70. The summed E-state index contributed by atoms with van der Waals surface area (Å²) >= 11 is 12.3. The zero-order valence-corrected chi connectivity index (χ0v) is 17.3. The SMILES string of the molecule is CC1=CC(=Nc2c(Cl)cc(Cl)cc2OC(=O)c2ccc([N+](=O)[O-])cc2)C=C(C)C1=O. The molecule has 0 aromatic heterocycles. The number of allylic oxidation sites excluding steroid dienone is 4. The molecule has 1 aliphatic rings. The van der Waals surface area contributed by atoms with E-state index in [2.05, 4.69) is 4.99 Å². The molecule has 30 heavy (non-hydrogen) atoms. The number of rotatable bonds is 4. The number of nitro benzene ring substituents is 1. The lowest BCUT2D eigenvalue weighted by molar-refractivity contribution is -0.384. The number of nitrogens with zero attached hydrogens (tertiary/aromatic N) is 2. The van der Waals surface area contributed by atoms with Gasteiger partial charge in [-0.1, -0.05) is 23.2 Å². The van der Waals surface area contributed by atoms with Crippen molar-refractivity contribution in [1.82, 2.24) is 0 Å². The molecule has 0 fully saturated rings. The second-order valence-corrected chi connectivity index (χ2v) is 7.29. The van der Waals surface area contributed by atoms with Crippen molar-refractivity contribution in [3.05, 3.63) is 85.4 Å². The van der Waals surface area contributed by atoms with Crippen LogP contribution in [0.2, 0.25) is 10.0 Å². The fourth-order valence-electron chi connectivity index (χ4n) is 2.73. The molecule has 2 aromatic rings. The molecule has 0 saturated carbocycles. The highest BCUT2D eigenvalue weighted by atomic mass is 35.5. The number of carbonyl (C=O) groups is 2. The van der Waals surface area contributed by atoms with Crippen molar-refractivity contribution in [2.24, 2.45) is 4.99 Å². The third kappa shape index (κ3) is 4.64. The summed E-state index contributed by atoms with van der Waals surface area (Å²) < 4.78 is 5.42. The van der Waals surface area contributed by atoms with Gasteiger partial charge in [0, 0.05) is 23.2 Å². The van der Waals surface area contributed by atoms with E-state index in [0.717, 1.165) is 0 Å². The van der Waals surface area contributed by atoms with E-state index in [-0.39, 0.29) is 38.5 Å². The molecule has 0 atom stereocenters. The molecule has 0 heterocycles. The van der Waals surface area contributed by atoms with Crippen LogP contribution in [-0.4, -0.2) is 22.4 Å². The highest BCUT2D eigenvalue weighted by Crippen LogP contribution is 2.39. The zero-order chi connectivity index (χ0) is 22.0. The van der Waals surface area contributed by atoms with E-state index in [0.29, 0.717) is 16.9 Å². The maximum atomic E-state index is 12.5. The van der Waals surface area contributed by atoms with Gasteiger partial charge in [0.25, 0.3) is 5.69 Å². The lowest BCUT2D eigenvalue weighted by Crippen LogP contribution is -2.11. The predicted octanol–water partition coefficient (Wildman–Crippen LogP) is 5.67. The number of non-ortho nitro benzene ring substituents is 1. The van der Waals surface area contributed by atoms with E-state index >= 15 is 0 Å². The zero-order valence-electron chi connectivity index (χ0n) is 15.8. The molecule has 0 bridgehead atoms. The Labute approximate surface area is 181 Å². The minimum Gasteiger partial charge on any atom is -0.421 e. The molecule has 0 radical (unpaired) electrons. The Balaban J connectivity index is 1.98. The quantitative estimate of drug-likeness (QED) is 0.199. The number of Topliss-reactive ketones (excluding diaryl/α,β-unsaturated/α-hetero) is 1. The summed E-state index contributed by atoms with van der Waals surface area (Å²) in [4.78, 5) is 39.1. The first-order valence-electron chi connectivity index (χ1n) is 8.61. The molecule has 0 amide bonds. The first-order chi connectivity index (χ1) is 14.2. The Morgan fingerprint density at radius 3 is 2.23 bits per heavy atom. The van der Waals surface area contributed by atoms with Crippen LogP contribution in [0.1, 0.15) is 24.2 Å². The van der Waals surface area contributed by atoms with Gasteiger partial charge >= 0.3 is 5.97 Å². The summed E-state index contributed by atoms with van der Waals surface area (Å²) in [5, 5.41) is 11.1. The molecule has 9 heteroatoms. The maximum Gasteiger partial charge on any atom is 0.343 e. The van der Waals surface area contributed by atoms with E-state index in [1.54, 1.807) is 26.0 Å². The summed E-state index contributed by atoms with van der Waals surface area (Å²) in [5.41, 5.74) is 1.60. The van der Waals surface area contributed by atoms with Crippen molar-refractivity contribution in [1.29, 1.82) is 0 Å². The van der Waals surface area contributed by atoms with Crippen LogP contribution in [0.4, 0.5) is 11.4 Å². The third-order valence-electron chi connectivity index (χ3n) is 4.20. The molecule has 2 aromatic carbocycles. The topological polar surface area (TPSA) is 98.9 Å². The van der Waals surface area contributed by atoms with Crippen LogP contribution in [0, 0.1) is 10.1 Å². The summed E-state index contributed by atoms with van der Waals surface area (Å²) in [5.74, 6) is -0.833. The van der Waals surface area contributed by atoms with E-state index in [9.17, 15) is 19.7 Å². The summed E-state index contributed by atoms with van der Waals surface area (Å²) in [6.07, 6.45) is 3.20. The molecule has 0 saturated heterocycles. The molecule has 0 N–H and O–H groups in total. The number of nitro groups is 1. The van der Waals surface area contributed by atoms with Crippen LogP contribution < -0.4 is 4.74 Å². The van der Waals surface area contributed by atoms with Gasteiger partial charge in [-0.25, -0.2) is 9.79 Å². The molecule has 152 valence electrons. The predicted molar refractivity (Wildman–Crippen MR) is 114 cm³/mol. The molecular weight excluding hydrogens is 431 g/mol. The molecule has 3 rings (SSSR count). The lowest BCUT2D eigenvalue weighted by atomic mass is 9.98. The summed E-state index contributed by atoms with van der Waals surface area (Å²) in [6.45, 7) is 3.35. The Hall–Kier alpha value is -3.29. The average Bonchev–Trinajstić information content (AvgIpc) is 2.68. The molecular formula is C21H14Cl2N2O5. The Morgan fingerprint density at radius 2 is 1.67 bits per heavy atom. The van der Waals surface area contributed by atoms with Gasteiger partial charge in [0.05, 0.1) is 21.2 Å². The van der Waals surface area contributed by atoms with Gasteiger partial charge in [0.2, 0.25) is 0 Å². The number of ether oxygens (including phenoxy) is 1. The number of hydrogen-bond acceptors (Lipinski definition) is 6. The smallest absolute Gasteiger partial charge is 0.343 e. The van der Waals surface area contributed by atoms with Crippen molar-refractivity contribution < 1.29 is 19.2 Å². The van der Waals surface area contributed by atoms with Crippen molar-refractivity contribution >= 4 is 52.0 Å². The van der Waals surface area contributed by atoms with E-state index < -0.39 is 10.9 Å². The molecule has 7 nitrogen and oxygen atoms in total. The van der Waals surface area contributed by atoms with Crippen molar-refractivity contribution in [3.8, 4) is 5.75 Å². The first-order valence-corrected chi connectivity index (χ1v) is 9.37. The number of aliphatic imine (C=N–C) groups is 1. The monoisotopic (exact) mass is 444 g/mol. The van der Waals surface area contributed by atoms with Crippen LogP contribution in [0.3, 0.4) is 0 Å². The second-order valence-electron chi connectivity index (χ2n) is 6.45. The highest BCUT2D eigenvalue weighted by Gasteiger charge is 2.19. The fourth-order valence-corrected chi connectivity index (χ4v) is 3.24. The van der Waals surface area contributed by atoms with Crippen LogP contribution in [0.25, 0.3) is 0 Å². The van der Waals surface area contributed by atoms with Gasteiger partial charge in [-0.05, 0) is 55.3 Å². The molecule has 0 unspecified atom stereocenters. The second kappa shape index (κ2) is 8.61. The molecule has 0 spiro atoms. The maximum absolute atomic E-state index is 12.5. The van der Waals surface area contributed by atoms with Gasteiger partial charge in [0.1, 0.15) is 5.69 Å². The minimum absolute atomic E-state index is 0.0114. The normalized spacial score (nSPS) is 13.5. The number of ketones is 1. The first kappa shape index (κ1) is 21.4. The average molecular weight is 445 g/mol. The van der Waals surface area contributed by atoms with Gasteiger partial charge < -0.3 is 4.74 Å². The van der Waals surface area contributed by atoms with Crippen molar-refractivity contribution in [2.75, 3.05) is 0 Å². The fraction of sp³-hybridized carbons (Fsp3) is 0.0952. The standard InChI is InChI=1S/C21H14Cl2N2O5/c1-11-7-15(8-12(2)20(11)26)24-19-17(23)9-14(22)10-18(19)30-21(27)13-3-5-16(6-4-13)25(28)29/h3-10H,1-2H3. The van der Waals surface area contributed by atoms with Crippen LogP contribution in [0.5, 0.6) is 5.75 Å². The number of esters is 1. The number of carbonyl (C=O) groups excluding carboxylic acids is 2. The van der Waals surface area contributed by atoms with Gasteiger partial charge in [-0.3, -0.25) is 14.9 Å². The van der Waals surface area contributed by atoms with E-state index in [1.165, 1.54) is 36.4 Å². The van der Waals surface area contributed by atoms with Gasteiger partial charge in [-0.2, -0.15) is 0 Å². The van der Waals surface area contributed by atoms with Crippen molar-refractivity contribution in [2.45, 2.75) is 13.8 Å². The summed E-state index contributed by atoms with van der Waals surface area (Å²) in [6, 6.07) is 7.79.